The molecular formula is C9H10BrNO3. The number of nitro groups is 1. The number of nitrogens with zero attached hydrogens (tertiary/aromatic N) is 1. The van der Waals surface area contributed by atoms with Gasteiger partial charge in [-0.15, -0.1) is 0 Å². The lowest BCUT2D eigenvalue weighted by molar-refractivity contribution is -0.386. The minimum atomic E-state index is -0.391. The van der Waals surface area contributed by atoms with Gasteiger partial charge in [0.1, 0.15) is 5.75 Å². The van der Waals surface area contributed by atoms with E-state index in [4.69, 9.17) is 4.74 Å². The Balaban J connectivity index is 3.53. The first kappa shape index (κ1) is 11.0. The summed E-state index contributed by atoms with van der Waals surface area (Å²) in [6.07, 6.45) is 0. The molecule has 0 heterocycles. The lowest BCUT2D eigenvalue weighted by Crippen LogP contribution is -1.98. The van der Waals surface area contributed by atoms with Gasteiger partial charge in [0.25, 0.3) is 5.69 Å². The summed E-state index contributed by atoms with van der Waals surface area (Å²) in [6, 6.07) is 1.73. The SMILES string of the molecule is COc1cc(Br)c(C)c([N+](=O)[O-])c1C. The number of nitro benzene ring substituents is 1. The Labute approximate surface area is 90.2 Å². The molecule has 76 valence electrons. The molecule has 0 saturated carbocycles. The van der Waals surface area contributed by atoms with Crippen molar-refractivity contribution in [3.63, 3.8) is 0 Å². The quantitative estimate of drug-likeness (QED) is 0.606. The van der Waals surface area contributed by atoms with E-state index in [1.807, 2.05) is 0 Å². The van der Waals surface area contributed by atoms with Crippen LogP contribution in [-0.2, 0) is 0 Å². The standard InChI is InChI=1S/C9H10BrNO3/c1-5-7(10)4-8(14-3)6(2)9(5)11(12)13/h4H,1-3H3. The highest BCUT2D eigenvalue weighted by molar-refractivity contribution is 9.10. The fraction of sp³-hybridized carbons (Fsp3) is 0.333. The molecule has 5 heteroatoms. The first-order chi connectivity index (χ1) is 6.49. The van der Waals surface area contributed by atoms with E-state index < -0.39 is 4.92 Å². The molecule has 0 amide bonds. The maximum atomic E-state index is 10.8. The average Bonchev–Trinajstić information content (AvgIpc) is 2.11. The van der Waals surface area contributed by atoms with Gasteiger partial charge in [-0.05, 0) is 19.9 Å². The zero-order valence-corrected chi connectivity index (χ0v) is 9.71. The van der Waals surface area contributed by atoms with Crippen LogP contribution in [-0.4, -0.2) is 12.0 Å². The van der Waals surface area contributed by atoms with Gasteiger partial charge in [-0.25, -0.2) is 0 Å². The first-order valence-electron chi connectivity index (χ1n) is 3.97. The topological polar surface area (TPSA) is 52.4 Å². The van der Waals surface area contributed by atoms with Gasteiger partial charge in [0.05, 0.1) is 17.6 Å². The number of halogens is 1. The van der Waals surface area contributed by atoms with Crippen LogP contribution in [0.3, 0.4) is 0 Å². The molecule has 0 spiro atoms. The van der Waals surface area contributed by atoms with E-state index in [1.54, 1.807) is 19.9 Å². The van der Waals surface area contributed by atoms with E-state index in [0.29, 0.717) is 21.3 Å². The van der Waals surface area contributed by atoms with Crippen molar-refractivity contribution in [2.45, 2.75) is 13.8 Å². The van der Waals surface area contributed by atoms with Crippen molar-refractivity contribution in [3.8, 4) is 5.75 Å². The first-order valence-corrected chi connectivity index (χ1v) is 4.76. The summed E-state index contributed by atoms with van der Waals surface area (Å²) in [7, 11) is 1.49. The molecular weight excluding hydrogens is 250 g/mol. The second-order valence-corrected chi connectivity index (χ2v) is 3.77. The van der Waals surface area contributed by atoms with Gasteiger partial charge in [-0.3, -0.25) is 10.1 Å². The van der Waals surface area contributed by atoms with Crippen LogP contribution >= 0.6 is 15.9 Å². The molecule has 0 unspecified atom stereocenters. The summed E-state index contributed by atoms with van der Waals surface area (Å²) in [5.74, 6) is 0.522. The molecule has 4 nitrogen and oxygen atoms in total. The van der Waals surface area contributed by atoms with Crippen LogP contribution in [0.15, 0.2) is 10.5 Å². The number of hydrogen-bond acceptors (Lipinski definition) is 3. The minimum absolute atomic E-state index is 0.108. The lowest BCUT2D eigenvalue weighted by atomic mass is 10.1. The van der Waals surface area contributed by atoms with Crippen LogP contribution in [0.4, 0.5) is 5.69 Å². The van der Waals surface area contributed by atoms with Gasteiger partial charge in [0.15, 0.2) is 0 Å². The number of hydrogen-bond donors (Lipinski definition) is 0. The van der Waals surface area contributed by atoms with Crippen LogP contribution in [0.2, 0.25) is 0 Å². The molecule has 0 aliphatic heterocycles. The summed E-state index contributed by atoms with van der Waals surface area (Å²) < 4.78 is 5.72. The lowest BCUT2D eigenvalue weighted by Gasteiger charge is -2.08. The number of benzene rings is 1. The van der Waals surface area contributed by atoms with Crippen LogP contribution < -0.4 is 4.74 Å². The highest BCUT2D eigenvalue weighted by Crippen LogP contribution is 2.35. The van der Waals surface area contributed by atoms with Crippen molar-refractivity contribution in [2.24, 2.45) is 0 Å². The Morgan fingerprint density at radius 2 is 2.00 bits per heavy atom. The monoisotopic (exact) mass is 259 g/mol. The third kappa shape index (κ3) is 1.72. The van der Waals surface area contributed by atoms with Crippen molar-refractivity contribution >= 4 is 21.6 Å². The second-order valence-electron chi connectivity index (χ2n) is 2.92. The molecule has 1 aromatic rings. The van der Waals surface area contributed by atoms with Crippen molar-refractivity contribution in [1.82, 2.24) is 0 Å². The fourth-order valence-corrected chi connectivity index (χ4v) is 1.72. The third-order valence-corrected chi connectivity index (χ3v) is 2.92. The molecule has 0 saturated heterocycles. The Bertz CT molecular complexity index is 390. The van der Waals surface area contributed by atoms with Gasteiger partial charge < -0.3 is 4.74 Å². The second kappa shape index (κ2) is 3.96. The molecule has 0 aromatic heterocycles. The van der Waals surface area contributed by atoms with E-state index in [9.17, 15) is 10.1 Å². The summed E-state index contributed by atoms with van der Waals surface area (Å²) in [4.78, 5) is 10.4. The van der Waals surface area contributed by atoms with Gasteiger partial charge in [-0.1, -0.05) is 15.9 Å². The van der Waals surface area contributed by atoms with Crippen molar-refractivity contribution in [1.29, 1.82) is 0 Å². The molecule has 14 heavy (non-hydrogen) atoms. The molecule has 0 N–H and O–H groups in total. The molecule has 1 rings (SSSR count). The number of ether oxygens (including phenoxy) is 1. The maximum Gasteiger partial charge on any atom is 0.280 e. The van der Waals surface area contributed by atoms with Crippen molar-refractivity contribution in [3.05, 3.63) is 31.8 Å². The molecule has 0 aliphatic rings. The van der Waals surface area contributed by atoms with E-state index in [1.165, 1.54) is 7.11 Å². The molecule has 0 bridgehead atoms. The van der Waals surface area contributed by atoms with E-state index in [-0.39, 0.29) is 5.69 Å². The maximum absolute atomic E-state index is 10.8. The van der Waals surface area contributed by atoms with E-state index in [2.05, 4.69) is 15.9 Å². The fourth-order valence-electron chi connectivity index (χ4n) is 1.33. The van der Waals surface area contributed by atoms with Crippen molar-refractivity contribution in [2.75, 3.05) is 7.11 Å². The normalized spacial score (nSPS) is 10.0. The predicted octanol–water partition coefficient (Wildman–Crippen LogP) is 2.98. The smallest absolute Gasteiger partial charge is 0.280 e. The highest BCUT2D eigenvalue weighted by Gasteiger charge is 2.20. The van der Waals surface area contributed by atoms with Gasteiger partial charge >= 0.3 is 0 Å². The number of methoxy groups -OCH3 is 1. The Morgan fingerprint density at radius 1 is 1.43 bits per heavy atom. The highest BCUT2D eigenvalue weighted by atomic mass is 79.9. The number of rotatable bonds is 2. The largest absolute Gasteiger partial charge is 0.496 e. The van der Waals surface area contributed by atoms with E-state index >= 15 is 0 Å². The molecule has 0 aliphatic carbocycles. The minimum Gasteiger partial charge on any atom is -0.496 e. The van der Waals surface area contributed by atoms with Crippen molar-refractivity contribution < 1.29 is 9.66 Å². The van der Waals surface area contributed by atoms with Gasteiger partial charge in [0.2, 0.25) is 0 Å². The molecule has 1 aromatic carbocycles. The van der Waals surface area contributed by atoms with E-state index in [0.717, 1.165) is 0 Å². The molecule has 0 radical (unpaired) electrons. The predicted molar refractivity (Wildman–Crippen MR) is 56.8 cm³/mol. The summed E-state index contributed by atoms with van der Waals surface area (Å²) in [5.41, 5.74) is 1.28. The third-order valence-electron chi connectivity index (χ3n) is 2.10. The summed E-state index contributed by atoms with van der Waals surface area (Å²) in [6.45, 7) is 3.38. The van der Waals surface area contributed by atoms with Crippen LogP contribution in [0, 0.1) is 24.0 Å². The van der Waals surface area contributed by atoms with Gasteiger partial charge in [0, 0.05) is 10.0 Å². The average molecular weight is 260 g/mol. The molecule has 0 fully saturated rings. The zero-order chi connectivity index (χ0) is 10.9. The summed E-state index contributed by atoms with van der Waals surface area (Å²) >= 11 is 3.26. The van der Waals surface area contributed by atoms with Crippen LogP contribution in [0.25, 0.3) is 0 Å². The Morgan fingerprint density at radius 3 is 2.43 bits per heavy atom. The van der Waals surface area contributed by atoms with Gasteiger partial charge in [-0.2, -0.15) is 0 Å². The zero-order valence-electron chi connectivity index (χ0n) is 8.13. The van der Waals surface area contributed by atoms with Crippen LogP contribution in [0.1, 0.15) is 11.1 Å². The Hall–Kier alpha value is -1.10. The molecule has 0 atom stereocenters. The van der Waals surface area contributed by atoms with Crippen LogP contribution in [0.5, 0.6) is 5.75 Å². The summed E-state index contributed by atoms with van der Waals surface area (Å²) in [5, 5.41) is 10.8. The Kier molecular flexibility index (Phi) is 3.10.